The molecule has 3 rings (SSSR count). The Labute approximate surface area is 142 Å². The average Bonchev–Trinajstić information content (AvgIpc) is 3.06. The predicted molar refractivity (Wildman–Crippen MR) is 95.3 cm³/mol. The number of nitrogens with one attached hydrogen (secondary N) is 4. The number of rotatable bonds is 6. The van der Waals surface area contributed by atoms with E-state index in [1.165, 1.54) is 12.5 Å². The first-order chi connectivity index (χ1) is 12.1. The van der Waals surface area contributed by atoms with Crippen molar-refractivity contribution in [1.29, 1.82) is 5.41 Å². The highest BCUT2D eigenvalue weighted by Gasteiger charge is 2.13. The maximum absolute atomic E-state index is 12.0. The molecule has 25 heavy (non-hydrogen) atoms. The van der Waals surface area contributed by atoms with Crippen LogP contribution < -0.4 is 16.4 Å². The number of nitrogens with two attached hydrogens (primary N) is 1. The molecule has 3 aromatic rings. The number of carbonyl (C=O) groups is 1. The molecule has 0 fully saturated rings. The van der Waals surface area contributed by atoms with Crippen LogP contribution in [0.2, 0.25) is 0 Å². The molecule has 1 amide bonds. The van der Waals surface area contributed by atoms with Gasteiger partial charge in [-0.25, -0.2) is 9.97 Å². The molecular weight excluding hydrogens is 322 g/mol. The Balaban J connectivity index is 1.93. The first-order valence-corrected chi connectivity index (χ1v) is 7.52. The van der Waals surface area contributed by atoms with Crippen LogP contribution in [0.4, 0.5) is 17.2 Å². The first-order valence-electron chi connectivity index (χ1n) is 7.52. The quantitative estimate of drug-likeness (QED) is 0.291. The third kappa shape index (κ3) is 3.40. The van der Waals surface area contributed by atoms with E-state index in [2.05, 4.69) is 25.6 Å². The number of aromatic amines is 1. The summed E-state index contributed by atoms with van der Waals surface area (Å²) < 4.78 is 0. The van der Waals surface area contributed by atoms with Crippen LogP contribution in [0.25, 0.3) is 11.0 Å². The zero-order chi connectivity index (χ0) is 17.8. The van der Waals surface area contributed by atoms with Gasteiger partial charge in [-0.2, -0.15) is 0 Å². The molecule has 0 radical (unpaired) electrons. The molecule has 0 spiro atoms. The van der Waals surface area contributed by atoms with Crippen molar-refractivity contribution < 1.29 is 9.90 Å². The zero-order valence-electron chi connectivity index (χ0n) is 13.2. The monoisotopic (exact) mass is 339 g/mol. The standard InChI is InChI=1S/C16H17N7O2/c17-7-9-5-10(1-2-12(9)18)22-14-11-6-13(16(25)19-3-4-24)23-15(11)21-8-20-14/h1-2,5-8,17,24H,3-4,18H2,(H,19,25)(H2,20,21,22,23). The molecule has 7 N–H and O–H groups in total. The number of amides is 1. The normalized spacial score (nSPS) is 10.6. The average molecular weight is 339 g/mol. The van der Waals surface area contributed by atoms with Gasteiger partial charge in [0.2, 0.25) is 0 Å². The van der Waals surface area contributed by atoms with Gasteiger partial charge in [-0.1, -0.05) is 0 Å². The van der Waals surface area contributed by atoms with E-state index in [9.17, 15) is 4.79 Å². The molecule has 0 unspecified atom stereocenters. The molecule has 9 nitrogen and oxygen atoms in total. The SMILES string of the molecule is N=Cc1cc(Nc2ncnc3[nH]c(C(=O)NCCO)cc23)ccc1N. The lowest BCUT2D eigenvalue weighted by Crippen LogP contribution is -2.26. The van der Waals surface area contributed by atoms with Crippen molar-refractivity contribution in [2.24, 2.45) is 0 Å². The highest BCUT2D eigenvalue weighted by Crippen LogP contribution is 2.25. The van der Waals surface area contributed by atoms with E-state index in [0.29, 0.717) is 39.5 Å². The van der Waals surface area contributed by atoms with Crippen molar-refractivity contribution >= 4 is 40.3 Å². The maximum Gasteiger partial charge on any atom is 0.267 e. The second kappa shape index (κ2) is 6.97. The number of aromatic nitrogens is 3. The summed E-state index contributed by atoms with van der Waals surface area (Å²) in [5.74, 6) is 0.180. The van der Waals surface area contributed by atoms with Crippen molar-refractivity contribution in [1.82, 2.24) is 20.3 Å². The van der Waals surface area contributed by atoms with Gasteiger partial charge in [-0.3, -0.25) is 4.79 Å². The Morgan fingerprint density at radius 1 is 1.36 bits per heavy atom. The van der Waals surface area contributed by atoms with Gasteiger partial charge in [0.1, 0.15) is 23.5 Å². The Bertz CT molecular complexity index is 935. The molecule has 0 aliphatic heterocycles. The highest BCUT2D eigenvalue weighted by atomic mass is 16.3. The molecule has 0 aliphatic rings. The molecule has 0 saturated heterocycles. The van der Waals surface area contributed by atoms with Crippen LogP contribution in [-0.2, 0) is 0 Å². The summed E-state index contributed by atoms with van der Waals surface area (Å²) in [7, 11) is 0. The predicted octanol–water partition coefficient (Wildman–Crippen LogP) is 1.00. The van der Waals surface area contributed by atoms with Crippen LogP contribution in [0, 0.1) is 5.41 Å². The summed E-state index contributed by atoms with van der Waals surface area (Å²) in [5.41, 5.74) is 8.43. The van der Waals surface area contributed by atoms with Crippen LogP contribution >= 0.6 is 0 Å². The number of carbonyl (C=O) groups excluding carboxylic acids is 1. The van der Waals surface area contributed by atoms with Gasteiger partial charge in [0, 0.05) is 29.7 Å². The Kier molecular flexibility index (Phi) is 4.57. The fourth-order valence-electron chi connectivity index (χ4n) is 2.34. The second-order valence-electron chi connectivity index (χ2n) is 5.26. The van der Waals surface area contributed by atoms with Crippen molar-refractivity contribution in [3.05, 3.63) is 41.9 Å². The lowest BCUT2D eigenvalue weighted by molar-refractivity contribution is 0.0940. The maximum atomic E-state index is 12.0. The third-order valence-corrected chi connectivity index (χ3v) is 3.57. The summed E-state index contributed by atoms with van der Waals surface area (Å²) >= 11 is 0. The van der Waals surface area contributed by atoms with Gasteiger partial charge >= 0.3 is 0 Å². The minimum atomic E-state index is -0.337. The minimum absolute atomic E-state index is 0.134. The summed E-state index contributed by atoms with van der Waals surface area (Å²) in [5, 5.41) is 22.5. The molecule has 2 aromatic heterocycles. The van der Waals surface area contributed by atoms with Gasteiger partial charge in [0.05, 0.1) is 12.0 Å². The van der Waals surface area contributed by atoms with Gasteiger partial charge in [-0.15, -0.1) is 0 Å². The van der Waals surface area contributed by atoms with Crippen molar-refractivity contribution in [2.75, 3.05) is 24.2 Å². The van der Waals surface area contributed by atoms with Gasteiger partial charge in [0.25, 0.3) is 5.91 Å². The number of benzene rings is 1. The van der Waals surface area contributed by atoms with Gasteiger partial charge in [0.15, 0.2) is 0 Å². The van der Waals surface area contributed by atoms with E-state index in [1.54, 1.807) is 24.3 Å². The fraction of sp³-hybridized carbons (Fsp3) is 0.125. The smallest absolute Gasteiger partial charge is 0.267 e. The van der Waals surface area contributed by atoms with Gasteiger partial charge < -0.3 is 31.9 Å². The first kappa shape index (κ1) is 16.4. The molecule has 2 heterocycles. The van der Waals surface area contributed by atoms with Crippen molar-refractivity contribution in [3.63, 3.8) is 0 Å². The van der Waals surface area contributed by atoms with Crippen molar-refractivity contribution in [2.45, 2.75) is 0 Å². The molecular formula is C16H17N7O2. The zero-order valence-corrected chi connectivity index (χ0v) is 13.2. The Hall–Kier alpha value is -3.46. The van der Waals surface area contributed by atoms with Crippen LogP contribution in [0.15, 0.2) is 30.6 Å². The van der Waals surface area contributed by atoms with E-state index in [1.807, 2.05) is 0 Å². The topological polar surface area (TPSA) is 153 Å². The van der Waals surface area contributed by atoms with Crippen LogP contribution in [0.3, 0.4) is 0 Å². The van der Waals surface area contributed by atoms with E-state index in [4.69, 9.17) is 16.2 Å². The fourth-order valence-corrected chi connectivity index (χ4v) is 2.34. The van der Waals surface area contributed by atoms with E-state index < -0.39 is 0 Å². The molecule has 128 valence electrons. The third-order valence-electron chi connectivity index (χ3n) is 3.57. The molecule has 0 saturated carbocycles. The molecule has 0 aliphatic carbocycles. The minimum Gasteiger partial charge on any atom is -0.398 e. The number of aliphatic hydroxyl groups excluding tert-OH is 1. The van der Waals surface area contributed by atoms with Crippen LogP contribution in [-0.4, -0.2) is 45.3 Å². The number of hydrogen-bond acceptors (Lipinski definition) is 7. The van der Waals surface area contributed by atoms with E-state index in [-0.39, 0.29) is 19.1 Å². The number of anilines is 3. The molecule has 1 aromatic carbocycles. The van der Waals surface area contributed by atoms with Gasteiger partial charge in [-0.05, 0) is 24.3 Å². The summed E-state index contributed by atoms with van der Waals surface area (Å²) in [4.78, 5) is 23.3. The largest absolute Gasteiger partial charge is 0.398 e. The Morgan fingerprint density at radius 2 is 2.20 bits per heavy atom. The highest BCUT2D eigenvalue weighted by molar-refractivity contribution is 6.00. The Morgan fingerprint density at radius 3 is 2.96 bits per heavy atom. The molecule has 0 atom stereocenters. The van der Waals surface area contributed by atoms with Crippen molar-refractivity contribution in [3.8, 4) is 0 Å². The van der Waals surface area contributed by atoms with Crippen LogP contribution in [0.5, 0.6) is 0 Å². The number of nitrogen functional groups attached to an aromatic ring is 1. The number of H-pyrrole nitrogens is 1. The summed E-state index contributed by atoms with van der Waals surface area (Å²) in [6.07, 6.45) is 2.56. The number of fused-ring (bicyclic) bond motifs is 1. The number of nitrogens with zero attached hydrogens (tertiary/aromatic N) is 2. The molecule has 0 bridgehead atoms. The lowest BCUT2D eigenvalue weighted by Gasteiger charge is -2.08. The lowest BCUT2D eigenvalue weighted by atomic mass is 10.1. The number of hydrogen-bond donors (Lipinski definition) is 6. The molecule has 9 heteroatoms. The second-order valence-corrected chi connectivity index (χ2v) is 5.26. The summed E-state index contributed by atoms with van der Waals surface area (Å²) in [6.45, 7) is 0.0356. The van der Waals surface area contributed by atoms with Crippen LogP contribution in [0.1, 0.15) is 16.1 Å². The van der Waals surface area contributed by atoms with E-state index >= 15 is 0 Å². The number of aliphatic hydroxyl groups is 1. The summed E-state index contributed by atoms with van der Waals surface area (Å²) in [6, 6.07) is 6.85. The van der Waals surface area contributed by atoms with E-state index in [0.717, 1.165) is 0 Å².